The average Bonchev–Trinajstić information content (AvgIpc) is 2.70. The lowest BCUT2D eigenvalue weighted by Crippen LogP contribution is -2.15. The Labute approximate surface area is 169 Å². The SMILES string of the molecule is CCc1ccccc1NC(=O)c1ccc(S(=O)(=O)Nc2ccc(Cl)cc2)cc1. The molecule has 3 aromatic carbocycles. The lowest BCUT2D eigenvalue weighted by atomic mass is 10.1. The molecule has 0 bridgehead atoms. The van der Waals surface area contributed by atoms with Crippen molar-refractivity contribution < 1.29 is 13.2 Å². The van der Waals surface area contributed by atoms with Crippen LogP contribution in [0.2, 0.25) is 5.02 Å². The van der Waals surface area contributed by atoms with Gasteiger partial charge in [-0.15, -0.1) is 0 Å². The third-order valence-electron chi connectivity index (χ3n) is 4.17. The predicted molar refractivity (Wildman–Crippen MR) is 112 cm³/mol. The molecule has 144 valence electrons. The highest BCUT2D eigenvalue weighted by atomic mass is 35.5. The zero-order valence-electron chi connectivity index (χ0n) is 15.1. The fraction of sp³-hybridized carbons (Fsp3) is 0.0952. The van der Waals surface area contributed by atoms with Crippen molar-refractivity contribution in [1.82, 2.24) is 0 Å². The number of hydrogen-bond donors (Lipinski definition) is 2. The molecule has 0 radical (unpaired) electrons. The average molecular weight is 415 g/mol. The molecule has 3 aromatic rings. The number of nitrogens with one attached hydrogen (secondary N) is 2. The van der Waals surface area contributed by atoms with Gasteiger partial charge in [0.15, 0.2) is 0 Å². The van der Waals surface area contributed by atoms with Gasteiger partial charge in [0.1, 0.15) is 0 Å². The van der Waals surface area contributed by atoms with Gasteiger partial charge in [-0.1, -0.05) is 36.7 Å². The second kappa shape index (κ2) is 8.46. The summed E-state index contributed by atoms with van der Waals surface area (Å²) in [4.78, 5) is 12.5. The molecule has 0 aromatic heterocycles. The monoisotopic (exact) mass is 414 g/mol. The highest BCUT2D eigenvalue weighted by Gasteiger charge is 2.15. The maximum absolute atomic E-state index is 12.5. The van der Waals surface area contributed by atoms with E-state index in [9.17, 15) is 13.2 Å². The van der Waals surface area contributed by atoms with E-state index in [0.717, 1.165) is 17.7 Å². The van der Waals surface area contributed by atoms with Crippen LogP contribution in [-0.2, 0) is 16.4 Å². The summed E-state index contributed by atoms with van der Waals surface area (Å²) in [6.07, 6.45) is 0.796. The lowest BCUT2D eigenvalue weighted by molar-refractivity contribution is 0.102. The first-order chi connectivity index (χ1) is 13.4. The topological polar surface area (TPSA) is 75.3 Å². The van der Waals surface area contributed by atoms with Gasteiger partial charge in [0, 0.05) is 22.0 Å². The van der Waals surface area contributed by atoms with E-state index in [1.54, 1.807) is 24.3 Å². The Morgan fingerprint density at radius 1 is 0.929 bits per heavy atom. The Hall–Kier alpha value is -2.83. The molecule has 0 saturated heterocycles. The van der Waals surface area contributed by atoms with E-state index in [2.05, 4.69) is 10.0 Å². The number of para-hydroxylation sites is 1. The fourth-order valence-corrected chi connectivity index (χ4v) is 3.85. The van der Waals surface area contributed by atoms with Crippen molar-refractivity contribution in [2.45, 2.75) is 18.2 Å². The zero-order valence-corrected chi connectivity index (χ0v) is 16.7. The van der Waals surface area contributed by atoms with Crippen molar-refractivity contribution >= 4 is 38.9 Å². The van der Waals surface area contributed by atoms with Crippen LogP contribution >= 0.6 is 11.6 Å². The van der Waals surface area contributed by atoms with E-state index in [-0.39, 0.29) is 10.8 Å². The number of carbonyl (C=O) groups is 1. The van der Waals surface area contributed by atoms with Crippen LogP contribution in [0.25, 0.3) is 0 Å². The first-order valence-corrected chi connectivity index (χ1v) is 10.5. The summed E-state index contributed by atoms with van der Waals surface area (Å²) in [5.41, 5.74) is 2.55. The molecule has 0 aliphatic carbocycles. The summed E-state index contributed by atoms with van der Waals surface area (Å²) >= 11 is 5.81. The molecule has 0 saturated carbocycles. The summed E-state index contributed by atoms with van der Waals surface area (Å²) in [6.45, 7) is 2.01. The number of carbonyl (C=O) groups excluding carboxylic acids is 1. The summed E-state index contributed by atoms with van der Waals surface area (Å²) < 4.78 is 27.5. The van der Waals surface area contributed by atoms with E-state index in [4.69, 9.17) is 11.6 Å². The van der Waals surface area contributed by atoms with Gasteiger partial charge < -0.3 is 5.32 Å². The van der Waals surface area contributed by atoms with E-state index in [1.165, 1.54) is 24.3 Å². The van der Waals surface area contributed by atoms with Crippen LogP contribution in [0.5, 0.6) is 0 Å². The quantitative estimate of drug-likeness (QED) is 0.598. The first-order valence-electron chi connectivity index (χ1n) is 8.67. The number of hydrogen-bond acceptors (Lipinski definition) is 3. The molecule has 0 fully saturated rings. The van der Waals surface area contributed by atoms with E-state index < -0.39 is 10.0 Å². The van der Waals surface area contributed by atoms with Gasteiger partial charge >= 0.3 is 0 Å². The molecule has 7 heteroatoms. The van der Waals surface area contributed by atoms with E-state index >= 15 is 0 Å². The van der Waals surface area contributed by atoms with Gasteiger partial charge in [-0.05, 0) is 66.6 Å². The maximum atomic E-state index is 12.5. The Kier molecular flexibility index (Phi) is 6.02. The van der Waals surface area contributed by atoms with Gasteiger partial charge in [-0.25, -0.2) is 8.42 Å². The summed E-state index contributed by atoms with van der Waals surface area (Å²) in [7, 11) is -3.76. The molecule has 5 nitrogen and oxygen atoms in total. The summed E-state index contributed by atoms with van der Waals surface area (Å²) in [6, 6.07) is 19.7. The van der Waals surface area contributed by atoms with Gasteiger partial charge in [0.2, 0.25) is 0 Å². The van der Waals surface area contributed by atoms with Crippen LogP contribution in [0.15, 0.2) is 77.7 Å². The van der Waals surface area contributed by atoms with Crippen molar-refractivity contribution in [2.24, 2.45) is 0 Å². The van der Waals surface area contributed by atoms with Crippen LogP contribution in [0.4, 0.5) is 11.4 Å². The van der Waals surface area contributed by atoms with E-state index in [0.29, 0.717) is 16.3 Å². The molecule has 0 aliphatic rings. The van der Waals surface area contributed by atoms with Gasteiger partial charge in [0.25, 0.3) is 15.9 Å². The highest BCUT2D eigenvalue weighted by molar-refractivity contribution is 7.92. The Balaban J connectivity index is 1.75. The Morgan fingerprint density at radius 2 is 1.57 bits per heavy atom. The van der Waals surface area contributed by atoms with Crippen molar-refractivity contribution in [1.29, 1.82) is 0 Å². The molecule has 0 unspecified atom stereocenters. The first kappa shape index (κ1) is 19.9. The number of sulfonamides is 1. The second-order valence-electron chi connectivity index (χ2n) is 6.10. The Bertz CT molecular complexity index is 1080. The molecule has 0 atom stereocenters. The number of aryl methyl sites for hydroxylation is 1. The number of rotatable bonds is 6. The summed E-state index contributed by atoms with van der Waals surface area (Å²) in [5, 5.41) is 3.38. The number of benzene rings is 3. The van der Waals surface area contributed by atoms with Crippen LogP contribution in [-0.4, -0.2) is 14.3 Å². The van der Waals surface area contributed by atoms with Gasteiger partial charge in [-0.3, -0.25) is 9.52 Å². The number of halogens is 1. The zero-order chi connectivity index (χ0) is 20.1. The normalized spacial score (nSPS) is 11.1. The molecule has 0 spiro atoms. The number of amides is 1. The molecule has 0 aliphatic heterocycles. The molecule has 2 N–H and O–H groups in total. The second-order valence-corrected chi connectivity index (χ2v) is 8.22. The summed E-state index contributed by atoms with van der Waals surface area (Å²) in [5.74, 6) is -0.296. The van der Waals surface area contributed by atoms with Crippen molar-refractivity contribution in [3.8, 4) is 0 Å². The van der Waals surface area contributed by atoms with Crippen LogP contribution in [0.1, 0.15) is 22.8 Å². The predicted octanol–water partition coefficient (Wildman–Crippen LogP) is 4.96. The highest BCUT2D eigenvalue weighted by Crippen LogP contribution is 2.20. The van der Waals surface area contributed by atoms with Gasteiger partial charge in [-0.2, -0.15) is 0 Å². The minimum atomic E-state index is -3.76. The van der Waals surface area contributed by atoms with Crippen molar-refractivity contribution in [3.63, 3.8) is 0 Å². The molecule has 28 heavy (non-hydrogen) atoms. The van der Waals surface area contributed by atoms with Crippen LogP contribution in [0.3, 0.4) is 0 Å². The third kappa shape index (κ3) is 4.71. The Morgan fingerprint density at radius 3 is 2.21 bits per heavy atom. The van der Waals surface area contributed by atoms with Crippen LogP contribution in [0, 0.1) is 0 Å². The minimum absolute atomic E-state index is 0.0629. The third-order valence-corrected chi connectivity index (χ3v) is 5.82. The maximum Gasteiger partial charge on any atom is 0.261 e. The molecular weight excluding hydrogens is 396 g/mol. The van der Waals surface area contributed by atoms with Crippen LogP contribution < -0.4 is 10.0 Å². The van der Waals surface area contributed by atoms with Gasteiger partial charge in [0.05, 0.1) is 4.90 Å². The van der Waals surface area contributed by atoms with E-state index in [1.807, 2.05) is 31.2 Å². The molecule has 1 amide bonds. The largest absolute Gasteiger partial charge is 0.322 e. The minimum Gasteiger partial charge on any atom is -0.322 e. The van der Waals surface area contributed by atoms with Crippen molar-refractivity contribution in [2.75, 3.05) is 10.0 Å². The standard InChI is InChI=1S/C21H19ClN2O3S/c1-2-15-5-3-4-6-20(15)23-21(25)16-7-13-19(14-8-16)28(26,27)24-18-11-9-17(22)10-12-18/h3-14,24H,2H2,1H3,(H,23,25). The van der Waals surface area contributed by atoms with Crippen molar-refractivity contribution in [3.05, 3.63) is 88.9 Å². The lowest BCUT2D eigenvalue weighted by Gasteiger charge is -2.11. The molecule has 3 rings (SSSR count). The fourth-order valence-electron chi connectivity index (χ4n) is 2.66. The number of anilines is 2. The molecular formula is C21H19ClN2O3S. The molecule has 0 heterocycles. The smallest absolute Gasteiger partial charge is 0.261 e.